The first-order valence-electron chi connectivity index (χ1n) is 7.83. The zero-order valence-corrected chi connectivity index (χ0v) is 12.6. The molecule has 2 N–H and O–H groups in total. The molecule has 0 amide bonds. The van der Waals surface area contributed by atoms with E-state index in [1.54, 1.807) is 6.07 Å². The Hall–Kier alpha value is -2.46. The molecule has 1 aliphatic carbocycles. The maximum Gasteiger partial charge on any atom is 0.263 e. The van der Waals surface area contributed by atoms with Gasteiger partial charge in [0.25, 0.3) is 5.56 Å². The molecule has 3 nitrogen and oxygen atoms in total. The normalized spacial score (nSPS) is 14.3. The van der Waals surface area contributed by atoms with E-state index in [1.165, 1.54) is 16.7 Å². The Balaban J connectivity index is 2.17. The third-order valence-electron chi connectivity index (χ3n) is 4.50. The van der Waals surface area contributed by atoms with Crippen LogP contribution in [0.2, 0.25) is 0 Å². The Labute approximate surface area is 133 Å². The van der Waals surface area contributed by atoms with Crippen molar-refractivity contribution in [3.63, 3.8) is 0 Å². The van der Waals surface area contributed by atoms with Crippen molar-refractivity contribution in [1.29, 1.82) is 0 Å². The van der Waals surface area contributed by atoms with Gasteiger partial charge in [-0.2, -0.15) is 0 Å². The molecular formula is C19H17FN2O. The molecule has 1 aliphatic rings. The topological polar surface area (TPSA) is 47.5 Å². The van der Waals surface area contributed by atoms with E-state index in [1.807, 2.05) is 30.3 Å². The number of benzene rings is 1. The molecule has 0 saturated heterocycles. The van der Waals surface area contributed by atoms with E-state index in [0.717, 1.165) is 35.0 Å². The lowest BCUT2D eigenvalue weighted by atomic mass is 9.93. The molecule has 2 heterocycles. The summed E-state index contributed by atoms with van der Waals surface area (Å²) in [6, 6.07) is 12.6. The summed E-state index contributed by atoms with van der Waals surface area (Å²) in [4.78, 5) is 13.0. The van der Waals surface area contributed by atoms with Crippen LogP contribution in [-0.4, -0.2) is 4.40 Å². The van der Waals surface area contributed by atoms with Crippen LogP contribution in [0.5, 0.6) is 0 Å². The van der Waals surface area contributed by atoms with E-state index >= 15 is 0 Å². The average molecular weight is 308 g/mol. The van der Waals surface area contributed by atoms with Gasteiger partial charge in [0.1, 0.15) is 5.82 Å². The quantitative estimate of drug-likeness (QED) is 0.805. The van der Waals surface area contributed by atoms with Gasteiger partial charge in [-0.15, -0.1) is 0 Å². The van der Waals surface area contributed by atoms with Crippen LogP contribution in [-0.2, 0) is 6.54 Å². The zero-order chi connectivity index (χ0) is 16.0. The van der Waals surface area contributed by atoms with Crippen LogP contribution in [0.25, 0.3) is 16.6 Å². The fourth-order valence-electron chi connectivity index (χ4n) is 3.34. The number of nitrogens with two attached hydrogens (primary N) is 1. The van der Waals surface area contributed by atoms with E-state index in [4.69, 9.17) is 5.73 Å². The number of nitrogens with zero attached hydrogens (tertiary/aromatic N) is 1. The van der Waals surface area contributed by atoms with Crippen molar-refractivity contribution in [3.05, 3.63) is 76.0 Å². The lowest BCUT2D eigenvalue weighted by molar-refractivity contribution is 0.618. The van der Waals surface area contributed by atoms with Gasteiger partial charge in [-0.1, -0.05) is 30.3 Å². The molecule has 23 heavy (non-hydrogen) atoms. The predicted molar refractivity (Wildman–Crippen MR) is 88.9 cm³/mol. The molecule has 2 aromatic heterocycles. The number of aromatic nitrogens is 1. The lowest BCUT2D eigenvalue weighted by Gasteiger charge is -2.17. The van der Waals surface area contributed by atoms with Crippen molar-refractivity contribution in [2.24, 2.45) is 5.73 Å². The molecule has 116 valence electrons. The van der Waals surface area contributed by atoms with Gasteiger partial charge in [0.05, 0.1) is 11.1 Å². The first kappa shape index (κ1) is 14.2. The minimum atomic E-state index is -0.416. The fraction of sp³-hybridized carbons (Fsp3) is 0.211. The van der Waals surface area contributed by atoms with Crippen molar-refractivity contribution >= 4 is 5.52 Å². The summed E-state index contributed by atoms with van der Waals surface area (Å²) in [5.41, 5.74) is 10.0. The van der Waals surface area contributed by atoms with Crippen molar-refractivity contribution in [2.45, 2.75) is 25.3 Å². The van der Waals surface area contributed by atoms with Gasteiger partial charge in [-0.05, 0) is 47.6 Å². The van der Waals surface area contributed by atoms with Crippen LogP contribution < -0.4 is 11.3 Å². The van der Waals surface area contributed by atoms with E-state index in [9.17, 15) is 9.18 Å². The fourth-order valence-corrected chi connectivity index (χ4v) is 3.34. The van der Waals surface area contributed by atoms with Crippen LogP contribution in [0.3, 0.4) is 0 Å². The molecular weight excluding hydrogens is 291 g/mol. The molecule has 0 bridgehead atoms. The summed E-state index contributed by atoms with van der Waals surface area (Å²) >= 11 is 0. The predicted octanol–water partition coefficient (Wildman–Crippen LogP) is 3.44. The number of hydrogen-bond donors (Lipinski definition) is 1. The van der Waals surface area contributed by atoms with Crippen LogP contribution in [0.15, 0.2) is 53.5 Å². The highest BCUT2D eigenvalue weighted by Gasteiger charge is 2.30. The third-order valence-corrected chi connectivity index (χ3v) is 4.50. The molecule has 0 spiro atoms. The van der Waals surface area contributed by atoms with E-state index in [-0.39, 0.29) is 5.56 Å². The third kappa shape index (κ3) is 2.26. The van der Waals surface area contributed by atoms with Gasteiger partial charge >= 0.3 is 0 Å². The highest BCUT2D eigenvalue weighted by molar-refractivity contribution is 5.74. The van der Waals surface area contributed by atoms with Crippen LogP contribution >= 0.6 is 0 Å². The van der Waals surface area contributed by atoms with Crippen molar-refractivity contribution in [1.82, 2.24) is 4.40 Å². The van der Waals surface area contributed by atoms with Gasteiger partial charge in [0.2, 0.25) is 0 Å². The molecule has 1 fully saturated rings. The van der Waals surface area contributed by atoms with Crippen LogP contribution in [0.4, 0.5) is 4.39 Å². The minimum absolute atomic E-state index is 0.212. The molecule has 3 aromatic rings. The van der Waals surface area contributed by atoms with Gasteiger partial charge in [-0.25, -0.2) is 4.39 Å². The molecule has 0 aliphatic heterocycles. The monoisotopic (exact) mass is 308 g/mol. The molecule has 0 unspecified atom stereocenters. The van der Waals surface area contributed by atoms with Gasteiger partial charge in [-0.3, -0.25) is 9.20 Å². The minimum Gasteiger partial charge on any atom is -0.326 e. The first-order valence-corrected chi connectivity index (χ1v) is 7.83. The highest BCUT2D eigenvalue weighted by Crippen LogP contribution is 2.45. The number of rotatable bonds is 3. The van der Waals surface area contributed by atoms with Crippen molar-refractivity contribution in [3.8, 4) is 11.1 Å². The molecule has 0 atom stereocenters. The second kappa shape index (κ2) is 5.32. The maximum atomic E-state index is 13.7. The van der Waals surface area contributed by atoms with Crippen molar-refractivity contribution < 1.29 is 4.39 Å². The van der Waals surface area contributed by atoms with E-state index in [0.29, 0.717) is 18.0 Å². The number of fused-ring (bicyclic) bond motifs is 1. The van der Waals surface area contributed by atoms with Gasteiger partial charge in [0, 0.05) is 12.7 Å². The Kier molecular flexibility index (Phi) is 3.27. The summed E-state index contributed by atoms with van der Waals surface area (Å²) in [6.45, 7) is 0.305. The standard InChI is InChI=1S/C19H17FN2O/c20-14-8-9-16-17(13-6-7-13)15(10-21)18(19(23)22(16)11-14)12-4-2-1-3-5-12/h1-5,8-9,11,13H,6-7,10,21H2. The molecule has 1 aromatic carbocycles. The second-order valence-corrected chi connectivity index (χ2v) is 6.02. The largest absolute Gasteiger partial charge is 0.326 e. The summed E-state index contributed by atoms with van der Waals surface area (Å²) in [5, 5.41) is 0. The van der Waals surface area contributed by atoms with Gasteiger partial charge < -0.3 is 5.73 Å². The Morgan fingerprint density at radius 2 is 1.87 bits per heavy atom. The summed E-state index contributed by atoms with van der Waals surface area (Å²) in [7, 11) is 0. The Morgan fingerprint density at radius 3 is 2.52 bits per heavy atom. The van der Waals surface area contributed by atoms with E-state index in [2.05, 4.69) is 0 Å². The maximum absolute atomic E-state index is 13.7. The molecule has 1 saturated carbocycles. The lowest BCUT2D eigenvalue weighted by Crippen LogP contribution is -2.22. The summed E-state index contributed by atoms with van der Waals surface area (Å²) in [6.07, 6.45) is 3.45. The highest BCUT2D eigenvalue weighted by atomic mass is 19.1. The van der Waals surface area contributed by atoms with Crippen LogP contribution in [0.1, 0.15) is 29.9 Å². The summed E-state index contributed by atoms with van der Waals surface area (Å²) < 4.78 is 15.1. The Bertz CT molecular complexity index is 943. The number of hydrogen-bond acceptors (Lipinski definition) is 2. The first-order chi connectivity index (χ1) is 11.2. The molecule has 4 rings (SSSR count). The SMILES string of the molecule is NCc1c(-c2ccccc2)c(=O)n2cc(F)ccc2c1C1CC1. The summed E-state index contributed by atoms with van der Waals surface area (Å²) in [5.74, 6) is -0.00192. The average Bonchev–Trinajstić information content (AvgIpc) is 3.40. The number of pyridine rings is 2. The zero-order valence-electron chi connectivity index (χ0n) is 12.6. The number of halogens is 1. The van der Waals surface area contributed by atoms with E-state index < -0.39 is 5.82 Å². The van der Waals surface area contributed by atoms with Crippen molar-refractivity contribution in [2.75, 3.05) is 0 Å². The molecule has 0 radical (unpaired) electrons. The Morgan fingerprint density at radius 1 is 1.13 bits per heavy atom. The van der Waals surface area contributed by atoms with Crippen LogP contribution in [0, 0.1) is 5.82 Å². The molecule has 4 heteroatoms. The smallest absolute Gasteiger partial charge is 0.263 e. The second-order valence-electron chi connectivity index (χ2n) is 6.02. The van der Waals surface area contributed by atoms with Gasteiger partial charge in [0.15, 0.2) is 0 Å².